The molecular weight excluding hydrogens is 276 g/mol. The van der Waals surface area contributed by atoms with Crippen LogP contribution in [0.1, 0.15) is 10.6 Å². The molecule has 1 aromatic carbocycles. The Morgan fingerprint density at radius 3 is 3.06 bits per heavy atom. The summed E-state index contributed by atoms with van der Waals surface area (Å²) in [5.74, 6) is -0.332. The Morgan fingerprint density at radius 1 is 1.39 bits per heavy atom. The summed E-state index contributed by atoms with van der Waals surface area (Å²) in [6, 6.07) is 3.40. The molecule has 2 heterocycles. The number of anilines is 1. The van der Waals surface area contributed by atoms with Crippen molar-refractivity contribution in [2.75, 3.05) is 5.32 Å². The lowest BCUT2D eigenvalue weighted by Gasteiger charge is -2.05. The van der Waals surface area contributed by atoms with Gasteiger partial charge in [0.15, 0.2) is 0 Å². The molecule has 0 unspecified atom stereocenters. The Hall–Kier alpha value is -2.06. The van der Waals surface area contributed by atoms with Crippen LogP contribution in [0, 0.1) is 0 Å². The van der Waals surface area contributed by atoms with Crippen LogP contribution in [0.25, 0.3) is 11.0 Å². The van der Waals surface area contributed by atoms with Crippen LogP contribution in [0.4, 0.5) is 5.69 Å². The Morgan fingerprint density at radius 2 is 2.28 bits per heavy atom. The summed E-state index contributed by atoms with van der Waals surface area (Å²) in [4.78, 5) is 15.6. The minimum Gasteiger partial charge on any atom is -0.316 e. The molecule has 2 N–H and O–H groups in total. The van der Waals surface area contributed by atoms with Crippen LogP contribution in [0.3, 0.4) is 0 Å². The van der Waals surface area contributed by atoms with Crippen LogP contribution in [0.15, 0.2) is 18.5 Å². The molecule has 0 fully saturated rings. The van der Waals surface area contributed by atoms with Crippen molar-refractivity contribution in [1.29, 1.82) is 0 Å². The van der Waals surface area contributed by atoms with Gasteiger partial charge in [-0.3, -0.25) is 9.89 Å². The van der Waals surface area contributed by atoms with Crippen LogP contribution in [0.5, 0.6) is 0 Å². The largest absolute Gasteiger partial charge is 0.316 e. The van der Waals surface area contributed by atoms with Gasteiger partial charge in [-0.2, -0.15) is 13.8 Å². The number of halogens is 1. The molecule has 0 aliphatic heterocycles. The Balaban J connectivity index is 2.02. The molecule has 0 saturated heterocycles. The molecule has 0 spiro atoms. The van der Waals surface area contributed by atoms with E-state index in [-0.39, 0.29) is 5.82 Å². The van der Waals surface area contributed by atoms with Crippen molar-refractivity contribution in [1.82, 2.24) is 23.9 Å². The van der Waals surface area contributed by atoms with Gasteiger partial charge in [-0.15, -0.1) is 0 Å². The van der Waals surface area contributed by atoms with E-state index >= 15 is 0 Å². The standard InChI is InChI=1S/C9H5ClN6OS/c10-4-1-2-5-7(16-18-15-5)6(4)13-9(17)8-11-3-12-14-8/h1-3H,(H,13,17)(H,11,12,14). The number of aromatic amines is 1. The molecule has 7 nitrogen and oxygen atoms in total. The van der Waals surface area contributed by atoms with Crippen LogP contribution in [-0.4, -0.2) is 29.8 Å². The van der Waals surface area contributed by atoms with Gasteiger partial charge in [-0.25, -0.2) is 4.98 Å². The number of aromatic nitrogens is 5. The van der Waals surface area contributed by atoms with Crippen molar-refractivity contribution in [3.05, 3.63) is 29.3 Å². The van der Waals surface area contributed by atoms with E-state index in [0.29, 0.717) is 21.7 Å². The second-order valence-electron chi connectivity index (χ2n) is 3.34. The highest BCUT2D eigenvalue weighted by molar-refractivity contribution is 7.00. The van der Waals surface area contributed by atoms with Crippen LogP contribution in [-0.2, 0) is 0 Å². The molecule has 0 saturated carbocycles. The molecule has 2 aromatic heterocycles. The molecule has 1 amide bonds. The third-order valence-electron chi connectivity index (χ3n) is 2.25. The topological polar surface area (TPSA) is 96.5 Å². The van der Waals surface area contributed by atoms with Gasteiger partial charge in [0.05, 0.1) is 22.4 Å². The molecule has 0 bridgehead atoms. The number of nitrogens with zero attached hydrogens (tertiary/aromatic N) is 4. The molecule has 0 atom stereocenters. The first-order chi connectivity index (χ1) is 8.75. The van der Waals surface area contributed by atoms with Crippen molar-refractivity contribution >= 4 is 46.0 Å². The summed E-state index contributed by atoms with van der Waals surface area (Å²) in [6.07, 6.45) is 1.25. The highest BCUT2D eigenvalue weighted by atomic mass is 35.5. The molecule has 9 heteroatoms. The number of amides is 1. The highest BCUT2D eigenvalue weighted by Crippen LogP contribution is 2.30. The summed E-state index contributed by atoms with van der Waals surface area (Å²) >= 11 is 7.10. The van der Waals surface area contributed by atoms with E-state index in [2.05, 4.69) is 29.2 Å². The maximum absolute atomic E-state index is 11.8. The molecular formula is C9H5ClN6OS. The second-order valence-corrected chi connectivity index (χ2v) is 4.28. The molecule has 3 aromatic rings. The summed E-state index contributed by atoms with van der Waals surface area (Å²) in [7, 11) is 0. The maximum atomic E-state index is 11.8. The lowest BCUT2D eigenvalue weighted by Crippen LogP contribution is -2.14. The van der Waals surface area contributed by atoms with Crippen LogP contribution in [0.2, 0.25) is 5.02 Å². The first kappa shape index (κ1) is 11.1. The summed E-state index contributed by atoms with van der Waals surface area (Å²) < 4.78 is 8.17. The number of benzene rings is 1. The number of hydrogen-bond donors (Lipinski definition) is 2. The molecule has 0 radical (unpaired) electrons. The third-order valence-corrected chi connectivity index (χ3v) is 3.10. The number of H-pyrrole nitrogens is 1. The van der Waals surface area contributed by atoms with Crippen molar-refractivity contribution in [3.63, 3.8) is 0 Å². The summed E-state index contributed by atoms with van der Waals surface area (Å²) in [6.45, 7) is 0. The zero-order valence-corrected chi connectivity index (χ0v) is 10.3. The van der Waals surface area contributed by atoms with E-state index in [0.717, 1.165) is 11.7 Å². The van der Waals surface area contributed by atoms with Gasteiger partial charge in [0.25, 0.3) is 5.91 Å². The summed E-state index contributed by atoms with van der Waals surface area (Å²) in [5, 5.41) is 9.11. The molecule has 90 valence electrons. The van der Waals surface area contributed by atoms with Gasteiger partial charge in [-0.1, -0.05) is 11.6 Å². The number of carbonyl (C=O) groups excluding carboxylic acids is 1. The summed E-state index contributed by atoms with van der Waals surface area (Å²) in [5.41, 5.74) is 1.65. The molecule has 0 aliphatic rings. The quantitative estimate of drug-likeness (QED) is 0.745. The fourth-order valence-electron chi connectivity index (χ4n) is 1.43. The Kier molecular flexibility index (Phi) is 2.65. The van der Waals surface area contributed by atoms with Crippen LogP contribution >= 0.6 is 23.3 Å². The maximum Gasteiger partial charge on any atom is 0.293 e. The number of hydrogen-bond acceptors (Lipinski definition) is 6. The van der Waals surface area contributed by atoms with Gasteiger partial charge in [0.2, 0.25) is 5.82 Å². The number of nitrogens with one attached hydrogen (secondary N) is 2. The predicted molar refractivity (Wildman–Crippen MR) is 66.8 cm³/mol. The Bertz CT molecular complexity index is 709. The van der Waals surface area contributed by atoms with Gasteiger partial charge >= 0.3 is 0 Å². The fraction of sp³-hybridized carbons (Fsp3) is 0. The monoisotopic (exact) mass is 280 g/mol. The number of fused-ring (bicyclic) bond motifs is 1. The van der Waals surface area contributed by atoms with E-state index in [4.69, 9.17) is 11.6 Å². The second kappa shape index (κ2) is 4.31. The lowest BCUT2D eigenvalue weighted by molar-refractivity contribution is 0.101. The van der Waals surface area contributed by atoms with E-state index in [1.165, 1.54) is 6.33 Å². The lowest BCUT2D eigenvalue weighted by atomic mass is 10.2. The van der Waals surface area contributed by atoms with Gasteiger partial charge in [0.1, 0.15) is 17.4 Å². The van der Waals surface area contributed by atoms with Gasteiger partial charge in [0, 0.05) is 0 Å². The first-order valence-corrected chi connectivity index (χ1v) is 5.94. The number of carbonyl (C=O) groups is 1. The zero-order valence-electron chi connectivity index (χ0n) is 8.72. The third kappa shape index (κ3) is 1.81. The van der Waals surface area contributed by atoms with E-state index in [1.54, 1.807) is 12.1 Å². The van der Waals surface area contributed by atoms with Crippen LogP contribution < -0.4 is 5.32 Å². The minimum atomic E-state index is -0.435. The van der Waals surface area contributed by atoms with E-state index < -0.39 is 5.91 Å². The van der Waals surface area contributed by atoms with Gasteiger partial charge in [-0.05, 0) is 12.1 Å². The van der Waals surface area contributed by atoms with Crippen molar-refractivity contribution in [3.8, 4) is 0 Å². The van der Waals surface area contributed by atoms with Crippen molar-refractivity contribution in [2.45, 2.75) is 0 Å². The molecule has 18 heavy (non-hydrogen) atoms. The predicted octanol–water partition coefficient (Wildman–Crippen LogP) is 1.72. The van der Waals surface area contributed by atoms with E-state index in [1.807, 2.05) is 0 Å². The first-order valence-electron chi connectivity index (χ1n) is 4.83. The SMILES string of the molecule is O=C(Nc1c(Cl)ccc2nsnc12)c1ncn[nH]1. The fourth-order valence-corrected chi connectivity index (χ4v) is 2.18. The molecule has 3 rings (SSSR count). The minimum absolute atomic E-state index is 0.103. The van der Waals surface area contributed by atoms with Crippen molar-refractivity contribution < 1.29 is 4.79 Å². The van der Waals surface area contributed by atoms with E-state index in [9.17, 15) is 4.79 Å². The molecule has 0 aliphatic carbocycles. The highest BCUT2D eigenvalue weighted by Gasteiger charge is 2.15. The van der Waals surface area contributed by atoms with Gasteiger partial charge < -0.3 is 5.32 Å². The zero-order chi connectivity index (χ0) is 12.5. The Labute approximate surface area is 110 Å². The normalized spacial score (nSPS) is 10.7. The number of rotatable bonds is 2. The van der Waals surface area contributed by atoms with Crippen molar-refractivity contribution in [2.24, 2.45) is 0 Å². The average Bonchev–Trinajstić information content (AvgIpc) is 3.02. The average molecular weight is 281 g/mol. The smallest absolute Gasteiger partial charge is 0.293 e.